The van der Waals surface area contributed by atoms with Crippen LogP contribution in [0.15, 0.2) is 255 Å². The zero-order valence-corrected chi connectivity index (χ0v) is 45.7. The Morgan fingerprint density at radius 2 is 0.518 bits per heavy atom. The predicted molar refractivity (Wildman–Crippen MR) is 333 cm³/mol. The molecule has 0 saturated heterocycles. The molecule has 0 unspecified atom stereocenters. The van der Waals surface area contributed by atoms with Crippen molar-refractivity contribution in [3.63, 3.8) is 0 Å². The fourth-order valence-electron chi connectivity index (χ4n) is 11.2. The summed E-state index contributed by atoms with van der Waals surface area (Å²) < 4.78 is 0. The molecule has 0 atom stereocenters. The van der Waals surface area contributed by atoms with Crippen molar-refractivity contribution in [2.75, 3.05) is 9.80 Å². The van der Waals surface area contributed by atoms with Gasteiger partial charge in [0.2, 0.25) is 5.95 Å². The molecule has 0 saturated carbocycles. The minimum Gasteiger partial charge on any atom is -0.306 e. The van der Waals surface area contributed by atoms with Crippen molar-refractivity contribution in [3.05, 3.63) is 271 Å². The molecule has 13 aromatic rings. The second-order valence-electron chi connectivity index (χ2n) is 20.4. The smallest absolute Gasteiger partial charge is 0.238 e. The van der Waals surface area contributed by atoms with Crippen LogP contribution < -0.4 is 9.80 Å². The van der Waals surface area contributed by atoms with Gasteiger partial charge in [-0.1, -0.05) is 224 Å². The molecule has 3 aromatic heterocycles. The average molecular weight is 1070 g/mol. The molecule has 83 heavy (non-hydrogen) atoms. The van der Waals surface area contributed by atoms with Gasteiger partial charge >= 0.3 is 0 Å². The van der Waals surface area contributed by atoms with Gasteiger partial charge < -0.3 is 4.90 Å². The SMILES string of the molecule is Cc1cc(C)c(-c2c(-c3nc(-c4ccccc4)nc(-c4ccccc4)n3)ccc(N3c4ccccc4N(c4nc(-c5ccccc5)nc(-c5ccccc5)n4)c4ccccc43)c2-c2nc(-c3ccccc3)nc(-c3ccccc3)n2)c(C)c1. The number of aryl methyl sites for hydroxylation is 3. The highest BCUT2D eigenvalue weighted by molar-refractivity contribution is 6.07. The third-order valence-electron chi connectivity index (χ3n) is 14.8. The monoisotopic (exact) mass is 1070 g/mol. The molecule has 1 aliphatic heterocycles. The summed E-state index contributed by atoms with van der Waals surface area (Å²) in [7, 11) is 0. The summed E-state index contributed by atoms with van der Waals surface area (Å²) in [6, 6.07) is 86.2. The number of anilines is 6. The molecule has 0 N–H and O–H groups in total. The van der Waals surface area contributed by atoms with Gasteiger partial charge in [-0.05, 0) is 73.9 Å². The average Bonchev–Trinajstić information content (AvgIpc) is 3.10. The van der Waals surface area contributed by atoms with Crippen molar-refractivity contribution in [1.29, 1.82) is 0 Å². The van der Waals surface area contributed by atoms with Gasteiger partial charge in [0.15, 0.2) is 46.6 Å². The molecular formula is C72H51N11. The Kier molecular flexibility index (Phi) is 13.0. The zero-order chi connectivity index (χ0) is 55.8. The number of para-hydroxylation sites is 4. The molecule has 14 rings (SSSR count). The van der Waals surface area contributed by atoms with E-state index in [0.717, 1.165) is 101 Å². The van der Waals surface area contributed by atoms with Crippen LogP contribution in [0.4, 0.5) is 34.4 Å². The minimum atomic E-state index is 0.458. The van der Waals surface area contributed by atoms with E-state index in [1.807, 2.05) is 182 Å². The van der Waals surface area contributed by atoms with Gasteiger partial charge in [0.25, 0.3) is 0 Å². The van der Waals surface area contributed by atoms with Gasteiger partial charge in [0, 0.05) is 44.5 Å². The molecule has 11 nitrogen and oxygen atoms in total. The summed E-state index contributed by atoms with van der Waals surface area (Å²) in [6.45, 7) is 6.50. The molecule has 394 valence electrons. The quantitative estimate of drug-likeness (QED) is 0.123. The van der Waals surface area contributed by atoms with E-state index in [1.165, 1.54) is 0 Å². The van der Waals surface area contributed by atoms with Crippen LogP contribution in [0.3, 0.4) is 0 Å². The summed E-state index contributed by atoms with van der Waals surface area (Å²) in [5.41, 5.74) is 16.0. The third kappa shape index (κ3) is 9.51. The lowest BCUT2D eigenvalue weighted by atomic mass is 9.85. The molecule has 0 aliphatic carbocycles. The van der Waals surface area contributed by atoms with Gasteiger partial charge in [-0.15, -0.1) is 0 Å². The number of fused-ring (bicyclic) bond motifs is 2. The number of rotatable bonds is 11. The largest absolute Gasteiger partial charge is 0.306 e. The highest BCUT2D eigenvalue weighted by atomic mass is 15.3. The molecule has 0 spiro atoms. The summed E-state index contributed by atoms with van der Waals surface area (Å²) in [6.07, 6.45) is 0. The Morgan fingerprint density at radius 3 is 0.867 bits per heavy atom. The molecular weight excluding hydrogens is 1020 g/mol. The number of aromatic nitrogens is 9. The fraction of sp³-hybridized carbons (Fsp3) is 0.0417. The first-order valence-corrected chi connectivity index (χ1v) is 27.6. The van der Waals surface area contributed by atoms with Crippen LogP contribution in [-0.2, 0) is 0 Å². The summed E-state index contributed by atoms with van der Waals surface area (Å²) in [4.78, 5) is 52.6. The standard InChI is InChI=1S/C72H51N11/c1-46-44-47(2)61(48(3)45-46)62-55(70-76-64(49-26-10-4-11-27-49)73-65(77-70)50-28-12-5-13-29-50)42-43-60(63(62)71-78-66(51-30-14-6-15-31-51)74-67(79-71)52-32-16-7-17-33-52)82-56-38-22-24-40-58(56)83(59-41-25-23-39-57(59)82)72-80-68(53-34-18-8-19-35-53)75-69(81-72)54-36-20-9-21-37-54/h4-45H,1-3H3. The van der Waals surface area contributed by atoms with Crippen LogP contribution in [0.2, 0.25) is 0 Å². The molecule has 0 bridgehead atoms. The lowest BCUT2D eigenvalue weighted by Crippen LogP contribution is -2.26. The van der Waals surface area contributed by atoms with E-state index in [9.17, 15) is 0 Å². The van der Waals surface area contributed by atoms with Gasteiger partial charge in [0.05, 0.1) is 34.0 Å². The van der Waals surface area contributed by atoms with Gasteiger partial charge in [-0.25, -0.2) is 34.9 Å². The van der Waals surface area contributed by atoms with Crippen LogP contribution in [0.5, 0.6) is 0 Å². The Bertz CT molecular complexity index is 4280. The Balaban J connectivity index is 1.10. The zero-order valence-electron chi connectivity index (χ0n) is 45.7. The number of hydrogen-bond acceptors (Lipinski definition) is 11. The molecule has 0 amide bonds. The van der Waals surface area contributed by atoms with Crippen molar-refractivity contribution >= 4 is 34.4 Å². The van der Waals surface area contributed by atoms with E-state index >= 15 is 0 Å². The second kappa shape index (κ2) is 21.5. The summed E-state index contributed by atoms with van der Waals surface area (Å²) >= 11 is 0. The van der Waals surface area contributed by atoms with Crippen LogP contribution in [-0.4, -0.2) is 44.9 Å². The maximum atomic E-state index is 5.60. The molecule has 0 fully saturated rings. The Hall–Kier alpha value is -11.2. The van der Waals surface area contributed by atoms with E-state index in [2.05, 4.69) is 103 Å². The molecule has 1 aliphatic rings. The van der Waals surface area contributed by atoms with Crippen LogP contribution in [0.1, 0.15) is 16.7 Å². The Morgan fingerprint density at radius 1 is 0.229 bits per heavy atom. The first kappa shape index (κ1) is 50.1. The molecule has 0 radical (unpaired) electrons. The first-order valence-electron chi connectivity index (χ1n) is 27.6. The fourth-order valence-corrected chi connectivity index (χ4v) is 11.2. The number of nitrogens with zero attached hydrogens (tertiary/aromatic N) is 11. The lowest BCUT2D eigenvalue weighted by molar-refractivity contribution is 1.01. The van der Waals surface area contributed by atoms with Gasteiger partial charge in [-0.3, -0.25) is 4.90 Å². The van der Waals surface area contributed by atoms with Crippen LogP contribution in [0, 0.1) is 20.8 Å². The maximum Gasteiger partial charge on any atom is 0.238 e. The maximum absolute atomic E-state index is 5.60. The van der Waals surface area contributed by atoms with E-state index in [0.29, 0.717) is 52.5 Å². The second-order valence-corrected chi connectivity index (χ2v) is 20.4. The predicted octanol–water partition coefficient (Wildman–Crippen LogP) is 17.4. The normalized spacial score (nSPS) is 11.7. The number of hydrogen-bond donors (Lipinski definition) is 0. The molecule has 4 heterocycles. The van der Waals surface area contributed by atoms with Crippen molar-refractivity contribution in [3.8, 4) is 102 Å². The lowest BCUT2D eigenvalue weighted by Gasteiger charge is -2.40. The van der Waals surface area contributed by atoms with Crippen molar-refractivity contribution in [2.45, 2.75) is 20.8 Å². The Labute approximate surface area is 481 Å². The van der Waals surface area contributed by atoms with E-state index in [4.69, 9.17) is 44.9 Å². The summed E-state index contributed by atoms with van der Waals surface area (Å²) in [5, 5.41) is 0. The first-order chi connectivity index (χ1) is 40.9. The van der Waals surface area contributed by atoms with Crippen molar-refractivity contribution < 1.29 is 0 Å². The highest BCUT2D eigenvalue weighted by Crippen LogP contribution is 2.57. The van der Waals surface area contributed by atoms with E-state index in [-0.39, 0.29) is 0 Å². The van der Waals surface area contributed by atoms with E-state index < -0.39 is 0 Å². The van der Waals surface area contributed by atoms with E-state index in [1.54, 1.807) is 0 Å². The van der Waals surface area contributed by atoms with Crippen molar-refractivity contribution in [2.24, 2.45) is 0 Å². The highest BCUT2D eigenvalue weighted by Gasteiger charge is 2.36. The number of benzene rings is 10. The summed E-state index contributed by atoms with van der Waals surface area (Å²) in [5.74, 6) is 4.67. The third-order valence-corrected chi connectivity index (χ3v) is 14.8. The van der Waals surface area contributed by atoms with Crippen molar-refractivity contribution in [1.82, 2.24) is 44.9 Å². The minimum absolute atomic E-state index is 0.458. The molecule has 10 aromatic carbocycles. The van der Waals surface area contributed by atoms with Gasteiger partial charge in [-0.2, -0.15) is 9.97 Å². The van der Waals surface area contributed by atoms with Crippen LogP contribution >= 0.6 is 0 Å². The van der Waals surface area contributed by atoms with Crippen LogP contribution in [0.25, 0.3) is 102 Å². The molecule has 11 heteroatoms. The van der Waals surface area contributed by atoms with Gasteiger partial charge in [0.1, 0.15) is 0 Å². The topological polar surface area (TPSA) is 122 Å².